The molecule has 12 nitrogen and oxygen atoms in total. The molecule has 2 aromatic heterocycles. The van der Waals surface area contributed by atoms with Crippen LogP contribution in [0.25, 0.3) is 11.0 Å². The number of anilines is 2. The number of aromatic nitrogens is 2. The molecule has 5 N–H and O–H groups in total. The number of carbonyl (C=O) groups is 3. The zero-order valence-corrected chi connectivity index (χ0v) is 21.5. The maximum absolute atomic E-state index is 13.0. The van der Waals surface area contributed by atoms with Crippen molar-refractivity contribution in [2.24, 2.45) is 5.92 Å². The quantitative estimate of drug-likeness (QED) is 0.293. The van der Waals surface area contributed by atoms with Crippen LogP contribution in [0.5, 0.6) is 11.6 Å². The number of benzene rings is 1. The molecule has 1 saturated carbocycles. The summed E-state index contributed by atoms with van der Waals surface area (Å²) in [7, 11) is 1.58. The predicted molar refractivity (Wildman–Crippen MR) is 143 cm³/mol. The lowest BCUT2D eigenvalue weighted by molar-refractivity contribution is -0.159. The van der Waals surface area contributed by atoms with Crippen molar-refractivity contribution in [3.05, 3.63) is 48.2 Å². The van der Waals surface area contributed by atoms with Crippen molar-refractivity contribution < 1.29 is 34.1 Å². The van der Waals surface area contributed by atoms with Gasteiger partial charge < -0.3 is 35.6 Å². The Bertz CT molecular complexity index is 1330. The molecule has 3 heterocycles. The number of rotatable bonds is 6. The van der Waals surface area contributed by atoms with Crippen LogP contribution in [0, 0.1) is 5.92 Å². The van der Waals surface area contributed by atoms with Gasteiger partial charge in [-0.3, -0.25) is 9.78 Å². The largest absolute Gasteiger partial charge is 0.490 e. The summed E-state index contributed by atoms with van der Waals surface area (Å²) in [6, 6.07) is 12.1. The van der Waals surface area contributed by atoms with Gasteiger partial charge in [0.1, 0.15) is 17.9 Å². The molecule has 0 atom stereocenters. The fourth-order valence-electron chi connectivity index (χ4n) is 4.58. The first-order chi connectivity index (χ1) is 18.8. The molecule has 206 valence electrons. The van der Waals surface area contributed by atoms with Crippen molar-refractivity contribution in [3.8, 4) is 11.6 Å². The first kappa shape index (κ1) is 27.6. The summed E-state index contributed by atoms with van der Waals surface area (Å²) in [5.41, 5.74) is 4.35. The summed E-state index contributed by atoms with van der Waals surface area (Å²) in [5, 5.41) is 24.9. The van der Waals surface area contributed by atoms with E-state index in [1.807, 2.05) is 12.1 Å². The maximum atomic E-state index is 13.0. The molecule has 5 rings (SSSR count). The van der Waals surface area contributed by atoms with Gasteiger partial charge in [-0.05, 0) is 55.5 Å². The first-order valence-electron chi connectivity index (χ1n) is 12.6. The molecule has 0 unspecified atom stereocenters. The van der Waals surface area contributed by atoms with Gasteiger partial charge in [-0.15, -0.1) is 0 Å². The molecule has 3 aromatic rings. The van der Waals surface area contributed by atoms with Gasteiger partial charge in [-0.2, -0.15) is 0 Å². The Hall–Kier alpha value is -4.45. The van der Waals surface area contributed by atoms with Crippen LogP contribution >= 0.6 is 0 Å². The van der Waals surface area contributed by atoms with Crippen molar-refractivity contribution >= 4 is 40.3 Å². The van der Waals surface area contributed by atoms with Crippen molar-refractivity contribution in [1.82, 2.24) is 15.3 Å². The average Bonchev–Trinajstić information content (AvgIpc) is 2.96. The smallest absolute Gasteiger partial charge is 0.414 e. The SMILES string of the molecule is COc1ccc2nccc(NC(=O)C3CCC(NCc4ccc5c(c4)NCCO5)CC3)c2n1.O=C(O)C(=O)O. The molecule has 1 aliphatic heterocycles. The zero-order chi connectivity index (χ0) is 27.8. The van der Waals surface area contributed by atoms with Gasteiger partial charge in [0.05, 0.1) is 24.0 Å². The number of carboxylic acid groups (broad SMARTS) is 2. The summed E-state index contributed by atoms with van der Waals surface area (Å²) < 4.78 is 10.9. The van der Waals surface area contributed by atoms with Gasteiger partial charge in [0.25, 0.3) is 0 Å². The third-order valence-electron chi connectivity index (χ3n) is 6.62. The summed E-state index contributed by atoms with van der Waals surface area (Å²) in [4.78, 5) is 39.9. The van der Waals surface area contributed by atoms with E-state index in [9.17, 15) is 4.79 Å². The lowest BCUT2D eigenvalue weighted by Gasteiger charge is -2.29. The van der Waals surface area contributed by atoms with E-state index in [-0.39, 0.29) is 11.8 Å². The third-order valence-corrected chi connectivity index (χ3v) is 6.62. The lowest BCUT2D eigenvalue weighted by Crippen LogP contribution is -2.36. The van der Waals surface area contributed by atoms with Crippen LogP contribution in [-0.2, 0) is 20.9 Å². The number of aliphatic carboxylic acids is 2. The monoisotopic (exact) mass is 537 g/mol. The van der Waals surface area contributed by atoms with Crippen LogP contribution in [0.2, 0.25) is 0 Å². The van der Waals surface area contributed by atoms with E-state index in [1.165, 1.54) is 5.56 Å². The molecular formula is C27H31N5O7. The minimum atomic E-state index is -1.82. The van der Waals surface area contributed by atoms with Crippen LogP contribution in [0.15, 0.2) is 42.6 Å². The first-order valence-corrected chi connectivity index (χ1v) is 12.6. The molecule has 0 saturated heterocycles. The number of methoxy groups -OCH3 is 1. The molecule has 1 fully saturated rings. The van der Waals surface area contributed by atoms with E-state index in [4.69, 9.17) is 29.3 Å². The van der Waals surface area contributed by atoms with E-state index in [1.54, 1.807) is 25.4 Å². The number of pyridine rings is 2. The Labute approximate surface area is 224 Å². The van der Waals surface area contributed by atoms with Crippen molar-refractivity contribution in [3.63, 3.8) is 0 Å². The van der Waals surface area contributed by atoms with Gasteiger partial charge in [0, 0.05) is 37.3 Å². The van der Waals surface area contributed by atoms with Gasteiger partial charge in [-0.25, -0.2) is 14.6 Å². The van der Waals surface area contributed by atoms with Crippen LogP contribution < -0.4 is 25.4 Å². The molecule has 1 aromatic carbocycles. The zero-order valence-electron chi connectivity index (χ0n) is 21.5. The highest BCUT2D eigenvalue weighted by molar-refractivity contribution is 6.27. The fourth-order valence-corrected chi connectivity index (χ4v) is 4.58. The number of hydrogen-bond acceptors (Lipinski definition) is 9. The molecule has 2 aliphatic rings. The summed E-state index contributed by atoms with van der Waals surface area (Å²) in [5.74, 6) is -2.18. The number of ether oxygens (including phenoxy) is 2. The Kier molecular flexibility index (Phi) is 9.10. The van der Waals surface area contributed by atoms with Crippen molar-refractivity contribution in [2.75, 3.05) is 30.9 Å². The fraction of sp³-hybridized carbons (Fsp3) is 0.370. The molecule has 1 amide bonds. The normalized spacial score (nSPS) is 17.9. The number of carboxylic acids is 2. The molecule has 0 bridgehead atoms. The molecule has 0 spiro atoms. The summed E-state index contributed by atoms with van der Waals surface area (Å²) in [6.07, 6.45) is 5.38. The summed E-state index contributed by atoms with van der Waals surface area (Å²) >= 11 is 0. The van der Waals surface area contributed by atoms with Crippen LogP contribution in [0.3, 0.4) is 0 Å². The Morgan fingerprint density at radius 2 is 1.85 bits per heavy atom. The van der Waals surface area contributed by atoms with Crippen molar-refractivity contribution in [2.45, 2.75) is 38.3 Å². The van der Waals surface area contributed by atoms with Crippen LogP contribution in [-0.4, -0.2) is 64.3 Å². The van der Waals surface area contributed by atoms with Gasteiger partial charge in [0.2, 0.25) is 11.8 Å². The van der Waals surface area contributed by atoms with E-state index < -0.39 is 11.9 Å². The second-order valence-corrected chi connectivity index (χ2v) is 9.21. The minimum absolute atomic E-state index is 0.00182. The Morgan fingerprint density at radius 1 is 1.08 bits per heavy atom. The van der Waals surface area contributed by atoms with Gasteiger partial charge >= 0.3 is 11.9 Å². The molecular weight excluding hydrogens is 506 g/mol. The Morgan fingerprint density at radius 3 is 2.56 bits per heavy atom. The number of carbonyl (C=O) groups excluding carboxylic acids is 1. The number of amides is 1. The highest BCUT2D eigenvalue weighted by atomic mass is 16.5. The number of nitrogens with one attached hydrogen (secondary N) is 3. The van der Waals surface area contributed by atoms with Crippen molar-refractivity contribution in [1.29, 1.82) is 0 Å². The topological polar surface area (TPSA) is 172 Å². The van der Waals surface area contributed by atoms with E-state index in [0.29, 0.717) is 29.7 Å². The Balaban J connectivity index is 0.000000531. The molecule has 1 aliphatic carbocycles. The van der Waals surface area contributed by atoms with Crippen LogP contribution in [0.1, 0.15) is 31.2 Å². The molecule has 12 heteroatoms. The molecule has 0 radical (unpaired) electrons. The maximum Gasteiger partial charge on any atom is 0.414 e. The molecule has 39 heavy (non-hydrogen) atoms. The average molecular weight is 538 g/mol. The van der Waals surface area contributed by atoms with E-state index in [2.05, 4.69) is 38.1 Å². The highest BCUT2D eigenvalue weighted by Crippen LogP contribution is 2.30. The second kappa shape index (κ2) is 12.9. The van der Waals surface area contributed by atoms with Gasteiger partial charge in [0.15, 0.2) is 0 Å². The number of fused-ring (bicyclic) bond motifs is 2. The number of nitrogens with zero attached hydrogens (tertiary/aromatic N) is 2. The second-order valence-electron chi connectivity index (χ2n) is 9.21. The predicted octanol–water partition coefficient (Wildman–Crippen LogP) is 2.89. The standard InChI is InChI=1S/C25H29N5O3.C2H2O4/c1-32-23-9-7-19-24(30-23)20(10-11-26-19)29-25(31)17-3-5-18(6-4-17)28-15-16-2-8-22-21(14-16)27-12-13-33-22;3-1(4)2(5)6/h2,7-11,14,17-18,27-28H,3-6,12-13,15H2,1H3,(H,26,29,31);(H,3,4)(H,5,6). The third kappa shape index (κ3) is 7.32. The highest BCUT2D eigenvalue weighted by Gasteiger charge is 2.26. The number of hydrogen-bond donors (Lipinski definition) is 5. The van der Waals surface area contributed by atoms with E-state index >= 15 is 0 Å². The lowest BCUT2D eigenvalue weighted by atomic mass is 9.85. The van der Waals surface area contributed by atoms with E-state index in [0.717, 1.165) is 55.7 Å². The minimum Gasteiger partial charge on any atom is -0.490 e. The summed E-state index contributed by atoms with van der Waals surface area (Å²) in [6.45, 7) is 2.37. The van der Waals surface area contributed by atoms with Crippen LogP contribution in [0.4, 0.5) is 11.4 Å². The van der Waals surface area contributed by atoms with Gasteiger partial charge in [-0.1, -0.05) is 6.07 Å².